The van der Waals surface area contributed by atoms with Crippen molar-refractivity contribution in [2.24, 2.45) is 5.73 Å². The maximum absolute atomic E-state index is 12.9. The van der Waals surface area contributed by atoms with Gasteiger partial charge in [0.2, 0.25) is 11.7 Å². The SMILES string of the molecule is CC(C)Oc1ccc(N(c2nc(N)c(C(=O)c3ccccc3)s2)C(C)C(N)=O)cc1. The smallest absolute Gasteiger partial charge is 0.240 e. The van der Waals surface area contributed by atoms with Gasteiger partial charge in [0.05, 0.1) is 6.10 Å². The van der Waals surface area contributed by atoms with Crippen LogP contribution in [0, 0.1) is 0 Å². The van der Waals surface area contributed by atoms with Gasteiger partial charge in [-0.3, -0.25) is 9.59 Å². The van der Waals surface area contributed by atoms with E-state index < -0.39 is 11.9 Å². The number of amides is 1. The number of ketones is 1. The summed E-state index contributed by atoms with van der Waals surface area (Å²) in [5, 5.41) is 0.413. The molecule has 0 aliphatic rings. The van der Waals surface area contributed by atoms with E-state index in [0.29, 0.717) is 27.0 Å². The molecule has 0 bridgehead atoms. The van der Waals surface area contributed by atoms with Gasteiger partial charge in [-0.2, -0.15) is 0 Å². The maximum Gasteiger partial charge on any atom is 0.240 e. The molecule has 2 aromatic carbocycles. The van der Waals surface area contributed by atoms with Gasteiger partial charge in [0.15, 0.2) is 5.13 Å². The highest BCUT2D eigenvalue weighted by Gasteiger charge is 2.27. The maximum atomic E-state index is 12.9. The van der Waals surface area contributed by atoms with Gasteiger partial charge in [-0.15, -0.1) is 0 Å². The fraction of sp³-hybridized carbons (Fsp3) is 0.227. The molecule has 0 aliphatic carbocycles. The first-order valence-corrected chi connectivity index (χ1v) is 10.3. The summed E-state index contributed by atoms with van der Waals surface area (Å²) in [6, 6.07) is 15.4. The van der Waals surface area contributed by atoms with E-state index >= 15 is 0 Å². The van der Waals surface area contributed by atoms with Crippen molar-refractivity contribution in [3.05, 3.63) is 65.0 Å². The van der Waals surface area contributed by atoms with Gasteiger partial charge in [0, 0.05) is 11.3 Å². The number of hydrogen-bond acceptors (Lipinski definition) is 7. The highest BCUT2D eigenvalue weighted by Crippen LogP contribution is 2.36. The molecule has 156 valence electrons. The second-order valence-corrected chi connectivity index (χ2v) is 7.99. The van der Waals surface area contributed by atoms with Crippen LogP contribution >= 0.6 is 11.3 Å². The van der Waals surface area contributed by atoms with Crippen LogP contribution in [-0.4, -0.2) is 28.8 Å². The number of primary amides is 1. The highest BCUT2D eigenvalue weighted by molar-refractivity contribution is 7.18. The van der Waals surface area contributed by atoms with Crippen molar-refractivity contribution in [1.29, 1.82) is 0 Å². The van der Waals surface area contributed by atoms with E-state index in [0.717, 1.165) is 11.3 Å². The Hall–Kier alpha value is -3.39. The van der Waals surface area contributed by atoms with Crippen molar-refractivity contribution >= 4 is 39.7 Å². The van der Waals surface area contributed by atoms with Crippen LogP contribution in [0.15, 0.2) is 54.6 Å². The number of hydrogen-bond donors (Lipinski definition) is 2. The minimum absolute atomic E-state index is 0.0433. The van der Waals surface area contributed by atoms with Crippen molar-refractivity contribution in [1.82, 2.24) is 4.98 Å². The molecule has 0 saturated heterocycles. The number of rotatable bonds is 8. The lowest BCUT2D eigenvalue weighted by atomic mass is 10.1. The third-order valence-electron chi connectivity index (χ3n) is 4.38. The van der Waals surface area contributed by atoms with E-state index in [9.17, 15) is 9.59 Å². The van der Waals surface area contributed by atoms with Crippen molar-refractivity contribution < 1.29 is 14.3 Å². The van der Waals surface area contributed by atoms with Crippen LogP contribution < -0.4 is 21.1 Å². The molecule has 30 heavy (non-hydrogen) atoms. The zero-order valence-electron chi connectivity index (χ0n) is 17.0. The minimum atomic E-state index is -0.702. The van der Waals surface area contributed by atoms with Crippen LogP contribution in [0.2, 0.25) is 0 Å². The third kappa shape index (κ3) is 4.60. The summed E-state index contributed by atoms with van der Waals surface area (Å²) in [4.78, 5) is 31.2. The van der Waals surface area contributed by atoms with E-state index in [1.807, 2.05) is 44.2 Å². The number of ether oxygens (including phenoxy) is 1. The van der Waals surface area contributed by atoms with E-state index in [1.165, 1.54) is 0 Å². The average molecular weight is 425 g/mol. The first-order valence-electron chi connectivity index (χ1n) is 9.49. The van der Waals surface area contributed by atoms with Gasteiger partial charge in [0.25, 0.3) is 0 Å². The number of nitrogens with two attached hydrogens (primary N) is 2. The second-order valence-electron chi connectivity index (χ2n) is 7.01. The third-order valence-corrected chi connectivity index (χ3v) is 5.45. The Balaban J connectivity index is 1.99. The Morgan fingerprint density at radius 2 is 1.67 bits per heavy atom. The Labute approximate surface area is 179 Å². The molecule has 0 aliphatic heterocycles. The van der Waals surface area contributed by atoms with Gasteiger partial charge in [0.1, 0.15) is 22.5 Å². The molecule has 1 aromatic heterocycles. The Morgan fingerprint density at radius 3 is 2.23 bits per heavy atom. The molecule has 1 atom stereocenters. The number of nitrogen functional groups attached to an aromatic ring is 1. The molecule has 1 heterocycles. The summed E-state index contributed by atoms with van der Waals surface area (Å²) >= 11 is 1.13. The van der Waals surface area contributed by atoms with Gasteiger partial charge >= 0.3 is 0 Å². The zero-order chi connectivity index (χ0) is 21.8. The van der Waals surface area contributed by atoms with Gasteiger partial charge in [-0.05, 0) is 45.0 Å². The van der Waals surface area contributed by atoms with E-state index in [4.69, 9.17) is 16.2 Å². The number of aromatic nitrogens is 1. The first kappa shape index (κ1) is 21.3. The molecule has 0 spiro atoms. The molecule has 7 nitrogen and oxygen atoms in total. The molecular formula is C22H24N4O3S. The largest absolute Gasteiger partial charge is 0.491 e. The summed E-state index contributed by atoms with van der Waals surface area (Å²) in [7, 11) is 0. The molecule has 1 unspecified atom stereocenters. The number of anilines is 3. The highest BCUT2D eigenvalue weighted by atomic mass is 32.1. The van der Waals surface area contributed by atoms with Crippen LogP contribution in [0.25, 0.3) is 0 Å². The number of carbonyl (C=O) groups is 2. The fourth-order valence-electron chi connectivity index (χ4n) is 2.89. The van der Waals surface area contributed by atoms with Gasteiger partial charge in [-0.1, -0.05) is 41.7 Å². The monoisotopic (exact) mass is 424 g/mol. The lowest BCUT2D eigenvalue weighted by Crippen LogP contribution is -2.39. The van der Waals surface area contributed by atoms with E-state index in [-0.39, 0.29) is 17.7 Å². The molecule has 1 amide bonds. The number of benzene rings is 2. The van der Waals surface area contributed by atoms with Crippen LogP contribution in [0.3, 0.4) is 0 Å². The summed E-state index contributed by atoms with van der Waals surface area (Å²) in [6.07, 6.45) is 0.0433. The summed E-state index contributed by atoms with van der Waals surface area (Å²) < 4.78 is 5.68. The molecular weight excluding hydrogens is 400 g/mol. The summed E-state index contributed by atoms with van der Waals surface area (Å²) in [5.74, 6) is 0.0794. The average Bonchev–Trinajstić information content (AvgIpc) is 3.10. The summed E-state index contributed by atoms with van der Waals surface area (Å²) in [6.45, 7) is 5.56. The zero-order valence-corrected chi connectivity index (χ0v) is 17.8. The number of carbonyl (C=O) groups excluding carboxylic acids is 2. The fourth-order valence-corrected chi connectivity index (χ4v) is 3.94. The van der Waals surface area contributed by atoms with Crippen molar-refractivity contribution in [2.75, 3.05) is 10.6 Å². The van der Waals surface area contributed by atoms with Crippen LogP contribution in [0.1, 0.15) is 36.0 Å². The first-order chi connectivity index (χ1) is 14.3. The Bertz CT molecular complexity index is 1030. The van der Waals surface area contributed by atoms with Crippen LogP contribution in [0.4, 0.5) is 16.6 Å². The van der Waals surface area contributed by atoms with E-state index in [2.05, 4.69) is 4.98 Å². The van der Waals surface area contributed by atoms with Crippen LogP contribution in [-0.2, 0) is 4.79 Å². The van der Waals surface area contributed by atoms with Gasteiger partial charge < -0.3 is 21.1 Å². The van der Waals surface area contributed by atoms with Gasteiger partial charge in [-0.25, -0.2) is 4.98 Å². The Kier molecular flexibility index (Phi) is 6.37. The quantitative estimate of drug-likeness (QED) is 0.533. The molecule has 8 heteroatoms. The predicted octanol–water partition coefficient (Wildman–Crippen LogP) is 3.76. The minimum Gasteiger partial charge on any atom is -0.491 e. The topological polar surface area (TPSA) is 112 Å². The van der Waals surface area contributed by atoms with Crippen molar-refractivity contribution in [2.45, 2.75) is 32.9 Å². The molecule has 3 aromatic rings. The second kappa shape index (κ2) is 8.96. The molecule has 4 N–H and O–H groups in total. The lowest BCUT2D eigenvalue weighted by Gasteiger charge is -2.27. The number of thiazole rings is 1. The van der Waals surface area contributed by atoms with E-state index in [1.54, 1.807) is 36.1 Å². The van der Waals surface area contributed by atoms with Crippen molar-refractivity contribution in [3.8, 4) is 5.75 Å². The normalized spacial score (nSPS) is 11.9. The Morgan fingerprint density at radius 1 is 1.03 bits per heavy atom. The predicted molar refractivity (Wildman–Crippen MR) is 119 cm³/mol. The van der Waals surface area contributed by atoms with Crippen molar-refractivity contribution in [3.63, 3.8) is 0 Å². The van der Waals surface area contributed by atoms with Crippen LogP contribution in [0.5, 0.6) is 5.75 Å². The molecule has 0 saturated carbocycles. The molecule has 3 rings (SSSR count). The summed E-state index contributed by atoms with van der Waals surface area (Å²) in [5.41, 5.74) is 12.8. The molecule has 0 radical (unpaired) electrons. The lowest BCUT2D eigenvalue weighted by molar-refractivity contribution is -0.118. The standard InChI is InChI=1S/C22H24N4O3S/c1-13(2)29-17-11-9-16(10-12-17)26(14(3)21(24)28)22-25-20(23)19(30-22)18(27)15-7-5-4-6-8-15/h4-14H,23H2,1-3H3,(H2,24,28). The molecule has 0 fully saturated rings. The number of nitrogens with zero attached hydrogens (tertiary/aromatic N) is 2.